The normalized spacial score (nSPS) is 23.9. The van der Waals surface area contributed by atoms with Gasteiger partial charge in [0.15, 0.2) is 11.5 Å². The maximum Gasteiger partial charge on any atom is 0.302 e. The first-order valence-electron chi connectivity index (χ1n) is 20.4. The summed E-state index contributed by atoms with van der Waals surface area (Å²) in [7, 11) is 3.17. The molecule has 10 rings (SSSR count). The first-order valence-corrected chi connectivity index (χ1v) is 20.4. The van der Waals surface area contributed by atoms with Crippen LogP contribution in [0.15, 0.2) is 78.9 Å². The number of phenols is 2. The van der Waals surface area contributed by atoms with E-state index in [0.29, 0.717) is 29.4 Å². The maximum absolute atomic E-state index is 12.4. The van der Waals surface area contributed by atoms with Gasteiger partial charge >= 0.3 is 5.97 Å². The molecule has 3 heterocycles. The number of benzene rings is 4. The van der Waals surface area contributed by atoms with Crippen LogP contribution in [0.3, 0.4) is 0 Å². The average Bonchev–Trinajstić information content (AvgIpc) is 3.81. The van der Waals surface area contributed by atoms with E-state index in [1.807, 2.05) is 18.2 Å². The highest BCUT2D eigenvalue weighted by atomic mass is 16.5. The van der Waals surface area contributed by atoms with Crippen LogP contribution < -0.4 is 19.9 Å². The molecule has 9 nitrogen and oxygen atoms in total. The van der Waals surface area contributed by atoms with Gasteiger partial charge in [-0.3, -0.25) is 4.79 Å². The molecule has 0 radical (unpaired) electrons. The molecule has 0 saturated heterocycles. The molecule has 298 valence electrons. The van der Waals surface area contributed by atoms with E-state index in [9.17, 15) is 15.0 Å². The van der Waals surface area contributed by atoms with Crippen LogP contribution in [0.4, 0.5) is 5.82 Å². The second kappa shape index (κ2) is 14.2. The zero-order valence-electron chi connectivity index (χ0n) is 33.4. The zero-order chi connectivity index (χ0) is 40.6. The van der Waals surface area contributed by atoms with Crippen LogP contribution in [0.1, 0.15) is 94.3 Å². The SMILES string of the molecule is COc1cc2c(cc1O)CC#Cc1nc(N)cc3c1[C@H]([C@@H]1CC[C@@]4(Cc5cc(O)cc(OC)c5-c5ccc6c(c54)O[C@H]2[C@H]6COC(C)=O)C1)[C@@H](Cc1ccccc1)C=C3. The third-order valence-electron chi connectivity index (χ3n) is 13.5. The standard InChI is InChI=1S/C50H46N2O7/c1-27(53)58-26-38-35-14-15-36-45-33(19-34(54)22-42(45)57-3)25-50-17-16-32(24-50)44-30(18-28-8-5-4-6-9-28)12-13-31-21-43(51)52-39(46(31)44)11-7-10-29-20-40(55)41(56-2)23-37(29)48(38)59-49(35)47(36)50/h4-6,8-9,12-15,19-23,30,32,38,44,48,54-55H,10,16-18,24-26H2,1-3H3,(H2,51,52)/t30-,32-,38+,44+,48-,50+/m1/s1. The molecular formula is C50H46N2O7. The Hall–Kier alpha value is -6.40. The predicted octanol–water partition coefficient (Wildman–Crippen LogP) is 8.71. The summed E-state index contributed by atoms with van der Waals surface area (Å²) < 4.78 is 24.8. The maximum atomic E-state index is 12.4. The Labute approximate surface area is 343 Å². The molecule has 6 atom stereocenters. The van der Waals surface area contributed by atoms with Crippen LogP contribution in [-0.4, -0.2) is 42.0 Å². The van der Waals surface area contributed by atoms with Crippen molar-refractivity contribution in [2.24, 2.45) is 11.8 Å². The molecule has 1 saturated carbocycles. The molecule has 4 bridgehead atoms. The van der Waals surface area contributed by atoms with Crippen molar-refractivity contribution >= 4 is 17.9 Å². The third-order valence-corrected chi connectivity index (χ3v) is 13.5. The van der Waals surface area contributed by atoms with Crippen LogP contribution in [0.2, 0.25) is 0 Å². The topological polar surface area (TPSA) is 133 Å². The molecule has 1 spiro atoms. The number of carbonyl (C=O) groups excluding carboxylic acids is 1. The average molecular weight is 787 g/mol. The number of esters is 1. The second-order valence-corrected chi connectivity index (χ2v) is 16.8. The Morgan fingerprint density at radius 3 is 2.63 bits per heavy atom. The molecule has 0 unspecified atom stereocenters. The van der Waals surface area contributed by atoms with Gasteiger partial charge in [-0.15, -0.1) is 0 Å². The molecule has 1 fully saturated rings. The number of fused-ring (bicyclic) bond motifs is 7. The van der Waals surface area contributed by atoms with E-state index in [1.165, 1.54) is 19.6 Å². The van der Waals surface area contributed by atoms with Crippen LogP contribution in [0.25, 0.3) is 17.2 Å². The number of anilines is 1. The lowest BCUT2D eigenvalue weighted by atomic mass is 9.63. The highest BCUT2D eigenvalue weighted by Crippen LogP contribution is 2.64. The largest absolute Gasteiger partial charge is 0.508 e. The summed E-state index contributed by atoms with van der Waals surface area (Å²) in [5, 5.41) is 22.2. The summed E-state index contributed by atoms with van der Waals surface area (Å²) >= 11 is 0. The van der Waals surface area contributed by atoms with Gasteiger partial charge in [-0.05, 0) is 113 Å². The van der Waals surface area contributed by atoms with Crippen molar-refractivity contribution in [3.63, 3.8) is 0 Å². The van der Waals surface area contributed by atoms with Crippen molar-refractivity contribution in [1.82, 2.24) is 4.98 Å². The van der Waals surface area contributed by atoms with E-state index in [2.05, 4.69) is 66.5 Å². The lowest BCUT2D eigenvalue weighted by Crippen LogP contribution is -2.32. The number of aromatic nitrogens is 1. The van der Waals surface area contributed by atoms with E-state index in [1.54, 1.807) is 19.2 Å². The highest BCUT2D eigenvalue weighted by Gasteiger charge is 2.53. The molecule has 9 heteroatoms. The molecule has 0 amide bonds. The predicted molar refractivity (Wildman–Crippen MR) is 225 cm³/mol. The number of nitrogens with two attached hydrogens (primary N) is 1. The lowest BCUT2D eigenvalue weighted by Gasteiger charge is -2.41. The molecule has 1 aromatic heterocycles. The summed E-state index contributed by atoms with van der Waals surface area (Å²) in [4.78, 5) is 17.4. The van der Waals surface area contributed by atoms with Gasteiger partial charge < -0.3 is 34.9 Å². The van der Waals surface area contributed by atoms with Gasteiger partial charge in [0.1, 0.15) is 41.5 Å². The number of hydrogen-bond acceptors (Lipinski definition) is 9. The smallest absolute Gasteiger partial charge is 0.302 e. The number of aromatic hydroxyl groups is 2. The number of pyridine rings is 1. The molecule has 5 aliphatic rings. The zero-order valence-corrected chi connectivity index (χ0v) is 33.4. The van der Waals surface area contributed by atoms with Crippen molar-refractivity contribution in [2.45, 2.75) is 68.8 Å². The number of phenolic OH excluding ortho intramolecular Hbond substituents is 2. The number of ether oxygens (including phenoxy) is 4. The Balaban J connectivity index is 1.24. The molecule has 4 aromatic carbocycles. The molecule has 59 heavy (non-hydrogen) atoms. The minimum atomic E-state index is -0.591. The van der Waals surface area contributed by atoms with Gasteiger partial charge in [-0.1, -0.05) is 60.5 Å². The number of rotatable bonds is 6. The van der Waals surface area contributed by atoms with Crippen molar-refractivity contribution in [1.29, 1.82) is 0 Å². The van der Waals surface area contributed by atoms with Gasteiger partial charge in [-0.25, -0.2) is 4.98 Å². The second-order valence-electron chi connectivity index (χ2n) is 16.8. The Kier molecular flexibility index (Phi) is 8.86. The monoisotopic (exact) mass is 786 g/mol. The fourth-order valence-electron chi connectivity index (χ4n) is 11.2. The van der Waals surface area contributed by atoms with Crippen LogP contribution in [-0.2, 0) is 34.2 Å². The highest BCUT2D eigenvalue weighted by molar-refractivity contribution is 5.84. The first-order chi connectivity index (χ1) is 28.6. The van der Waals surface area contributed by atoms with Crippen LogP contribution in [0.5, 0.6) is 28.7 Å². The molecule has 2 aliphatic heterocycles. The fraction of sp³-hybridized carbons (Fsp3) is 0.320. The van der Waals surface area contributed by atoms with Gasteiger partial charge in [0, 0.05) is 47.1 Å². The number of carbonyl (C=O) groups is 1. The summed E-state index contributed by atoms with van der Waals surface area (Å²) in [6, 6.07) is 24.0. The number of methoxy groups -OCH3 is 2. The van der Waals surface area contributed by atoms with Crippen LogP contribution in [0, 0.1) is 23.7 Å². The summed E-state index contributed by atoms with van der Waals surface area (Å²) in [6.07, 6.45) is 8.49. The minimum absolute atomic E-state index is 0.00738. The number of hydrogen-bond donors (Lipinski definition) is 3. The Morgan fingerprint density at radius 1 is 1.00 bits per heavy atom. The van der Waals surface area contributed by atoms with E-state index >= 15 is 0 Å². The van der Waals surface area contributed by atoms with Crippen molar-refractivity contribution in [3.05, 3.63) is 129 Å². The summed E-state index contributed by atoms with van der Waals surface area (Å²) in [5.41, 5.74) is 16.9. The Morgan fingerprint density at radius 2 is 1.83 bits per heavy atom. The summed E-state index contributed by atoms with van der Waals surface area (Å²) in [5.74, 6) is 8.96. The molecular weight excluding hydrogens is 741 g/mol. The third kappa shape index (κ3) is 6.07. The number of allylic oxidation sites excluding steroid dienone is 1. The minimum Gasteiger partial charge on any atom is -0.508 e. The number of nitrogens with zero attached hydrogens (tertiary/aromatic N) is 1. The summed E-state index contributed by atoms with van der Waals surface area (Å²) in [6.45, 7) is 1.52. The fourth-order valence-corrected chi connectivity index (χ4v) is 11.2. The van der Waals surface area contributed by atoms with E-state index in [-0.39, 0.29) is 59.6 Å². The van der Waals surface area contributed by atoms with Gasteiger partial charge in [0.25, 0.3) is 0 Å². The van der Waals surface area contributed by atoms with Crippen molar-refractivity contribution in [2.75, 3.05) is 26.6 Å². The van der Waals surface area contributed by atoms with Gasteiger partial charge in [0.05, 0.1) is 20.1 Å². The van der Waals surface area contributed by atoms with E-state index in [4.69, 9.17) is 29.7 Å². The van der Waals surface area contributed by atoms with E-state index in [0.717, 1.165) is 81.5 Å². The molecule has 5 aromatic rings. The first kappa shape index (κ1) is 36.9. The quantitative estimate of drug-likeness (QED) is 0.114. The lowest BCUT2D eigenvalue weighted by molar-refractivity contribution is -0.141. The molecule has 3 aliphatic carbocycles. The van der Waals surface area contributed by atoms with Gasteiger partial charge in [0.2, 0.25) is 0 Å². The Bertz CT molecular complexity index is 2640. The van der Waals surface area contributed by atoms with E-state index < -0.39 is 6.10 Å². The van der Waals surface area contributed by atoms with Gasteiger partial charge in [-0.2, -0.15) is 0 Å². The van der Waals surface area contributed by atoms with Crippen molar-refractivity contribution < 1.29 is 34.0 Å². The molecule has 4 N–H and O–H groups in total. The number of nitrogen functional groups attached to an aromatic ring is 1. The van der Waals surface area contributed by atoms with Crippen LogP contribution >= 0.6 is 0 Å². The van der Waals surface area contributed by atoms with Crippen molar-refractivity contribution in [3.8, 4) is 51.7 Å².